The Kier molecular flexibility index (Phi) is 6.85. The van der Waals surface area contributed by atoms with E-state index in [0.717, 1.165) is 24.0 Å². The van der Waals surface area contributed by atoms with Crippen molar-refractivity contribution in [2.75, 3.05) is 5.75 Å². The molecule has 3 aromatic rings. The number of thiophene rings is 1. The van der Waals surface area contributed by atoms with Gasteiger partial charge in [0.05, 0.1) is 16.9 Å². The van der Waals surface area contributed by atoms with Gasteiger partial charge in [0.1, 0.15) is 16.5 Å². The van der Waals surface area contributed by atoms with Crippen molar-refractivity contribution >= 4 is 39.2 Å². The van der Waals surface area contributed by atoms with Gasteiger partial charge < -0.3 is 10.3 Å². The third kappa shape index (κ3) is 4.99. The molecule has 3 rings (SSSR count). The van der Waals surface area contributed by atoms with E-state index in [2.05, 4.69) is 22.2 Å². The number of carbonyl (C=O) groups is 1. The lowest BCUT2D eigenvalue weighted by molar-refractivity contribution is -0.119. The number of carbonyl (C=O) groups excluding carboxylic acids is 1. The molecule has 0 radical (unpaired) electrons. The fourth-order valence-corrected chi connectivity index (χ4v) is 4.63. The minimum absolute atomic E-state index is 0.0101. The Hall–Kier alpha value is -2.19. The average Bonchev–Trinajstić information content (AvgIpc) is 3.07. The van der Waals surface area contributed by atoms with Gasteiger partial charge in [-0.1, -0.05) is 25.5 Å². The smallest absolute Gasteiger partial charge is 0.260 e. The largest absolute Gasteiger partial charge is 0.353 e. The van der Waals surface area contributed by atoms with Crippen LogP contribution in [0.15, 0.2) is 34.4 Å². The van der Waals surface area contributed by atoms with Gasteiger partial charge in [0.25, 0.3) is 5.56 Å². The number of benzene rings is 1. The van der Waals surface area contributed by atoms with E-state index in [4.69, 9.17) is 0 Å². The van der Waals surface area contributed by atoms with Crippen molar-refractivity contribution in [2.45, 2.75) is 38.5 Å². The number of H-pyrrole nitrogens is 1. The van der Waals surface area contributed by atoms with Crippen LogP contribution in [0.25, 0.3) is 21.3 Å². The highest BCUT2D eigenvalue weighted by molar-refractivity contribution is 7.99. The molecule has 148 valence electrons. The van der Waals surface area contributed by atoms with E-state index in [0.29, 0.717) is 27.5 Å². The summed E-state index contributed by atoms with van der Waals surface area (Å²) in [5, 5.41) is 5.33. The molecular formula is C20H22FN3O2S2. The summed E-state index contributed by atoms with van der Waals surface area (Å²) in [6.07, 6.45) is 1.98. The van der Waals surface area contributed by atoms with E-state index >= 15 is 0 Å². The maximum atomic E-state index is 13.1. The number of fused-ring (bicyclic) bond motifs is 1. The average molecular weight is 420 g/mol. The second kappa shape index (κ2) is 9.34. The van der Waals surface area contributed by atoms with Gasteiger partial charge in [-0.3, -0.25) is 9.59 Å². The molecule has 0 saturated heterocycles. The molecule has 1 atom stereocenters. The molecule has 2 aromatic heterocycles. The Morgan fingerprint density at radius 3 is 2.82 bits per heavy atom. The predicted molar refractivity (Wildman–Crippen MR) is 114 cm³/mol. The first kappa shape index (κ1) is 20.5. The molecule has 0 saturated carbocycles. The molecule has 0 bridgehead atoms. The predicted octanol–water partition coefficient (Wildman–Crippen LogP) is 4.33. The molecular weight excluding hydrogens is 397 g/mol. The van der Waals surface area contributed by atoms with Crippen molar-refractivity contribution < 1.29 is 9.18 Å². The summed E-state index contributed by atoms with van der Waals surface area (Å²) in [4.78, 5) is 32.5. The summed E-state index contributed by atoms with van der Waals surface area (Å²) in [6, 6.07) is 6.22. The van der Waals surface area contributed by atoms with Gasteiger partial charge in [0.2, 0.25) is 5.91 Å². The number of hydrogen-bond acceptors (Lipinski definition) is 5. The van der Waals surface area contributed by atoms with Gasteiger partial charge in [-0.2, -0.15) is 0 Å². The zero-order valence-corrected chi connectivity index (χ0v) is 17.4. The number of amides is 1. The van der Waals surface area contributed by atoms with E-state index in [-0.39, 0.29) is 23.3 Å². The summed E-state index contributed by atoms with van der Waals surface area (Å²) < 4.78 is 13.1. The second-order valence-corrected chi connectivity index (χ2v) is 8.44. The Bertz CT molecular complexity index is 1010. The highest BCUT2D eigenvalue weighted by Gasteiger charge is 2.14. The molecule has 0 spiro atoms. The van der Waals surface area contributed by atoms with Crippen molar-refractivity contribution in [3.63, 3.8) is 0 Å². The van der Waals surface area contributed by atoms with Crippen LogP contribution in [0.1, 0.15) is 32.5 Å². The van der Waals surface area contributed by atoms with E-state index in [1.165, 1.54) is 35.2 Å². The summed E-state index contributed by atoms with van der Waals surface area (Å²) >= 11 is 2.80. The SMILES string of the molecule is CCC[C@@H](C)NC(=O)CSCc1nc2scc(-c3ccc(F)cc3)c2c(=O)[nH]1. The summed E-state index contributed by atoms with van der Waals surface area (Å²) in [5.41, 5.74) is 1.30. The topological polar surface area (TPSA) is 74.8 Å². The van der Waals surface area contributed by atoms with Crippen LogP contribution in [-0.4, -0.2) is 27.7 Å². The van der Waals surface area contributed by atoms with Crippen LogP contribution < -0.4 is 10.9 Å². The fraction of sp³-hybridized carbons (Fsp3) is 0.350. The molecule has 5 nitrogen and oxygen atoms in total. The lowest BCUT2D eigenvalue weighted by atomic mass is 10.1. The fourth-order valence-electron chi connectivity index (χ4n) is 2.97. The number of nitrogens with zero attached hydrogens (tertiary/aromatic N) is 1. The van der Waals surface area contributed by atoms with Crippen LogP contribution in [0.5, 0.6) is 0 Å². The van der Waals surface area contributed by atoms with Crippen molar-refractivity contribution in [1.82, 2.24) is 15.3 Å². The van der Waals surface area contributed by atoms with E-state index in [9.17, 15) is 14.0 Å². The third-order valence-electron chi connectivity index (χ3n) is 4.25. The molecule has 0 aliphatic carbocycles. The normalized spacial score (nSPS) is 12.2. The minimum Gasteiger partial charge on any atom is -0.353 e. The van der Waals surface area contributed by atoms with Crippen molar-refractivity contribution in [2.24, 2.45) is 0 Å². The second-order valence-electron chi connectivity index (χ2n) is 6.60. The van der Waals surface area contributed by atoms with Crippen molar-refractivity contribution in [1.29, 1.82) is 0 Å². The van der Waals surface area contributed by atoms with E-state index in [1.807, 2.05) is 12.3 Å². The zero-order chi connectivity index (χ0) is 20.1. The Morgan fingerprint density at radius 1 is 1.36 bits per heavy atom. The highest BCUT2D eigenvalue weighted by Crippen LogP contribution is 2.31. The van der Waals surface area contributed by atoms with Crippen LogP contribution >= 0.6 is 23.1 Å². The minimum atomic E-state index is -0.317. The molecule has 1 amide bonds. The maximum Gasteiger partial charge on any atom is 0.260 e. The van der Waals surface area contributed by atoms with Crippen LogP contribution in [0, 0.1) is 5.82 Å². The number of nitrogens with one attached hydrogen (secondary N) is 2. The van der Waals surface area contributed by atoms with Crippen LogP contribution in [0.4, 0.5) is 4.39 Å². The van der Waals surface area contributed by atoms with Gasteiger partial charge in [-0.05, 0) is 31.0 Å². The van der Waals surface area contributed by atoms with Crippen LogP contribution in [0.2, 0.25) is 0 Å². The zero-order valence-electron chi connectivity index (χ0n) is 15.8. The van der Waals surface area contributed by atoms with Gasteiger partial charge >= 0.3 is 0 Å². The van der Waals surface area contributed by atoms with E-state index < -0.39 is 0 Å². The summed E-state index contributed by atoms with van der Waals surface area (Å²) in [6.45, 7) is 4.08. The molecule has 0 aliphatic heterocycles. The molecule has 8 heteroatoms. The standard InChI is InChI=1S/C20H22FN3O2S2/c1-3-4-12(2)22-17(25)11-27-10-16-23-19(26)18-15(9-28-20(18)24-16)13-5-7-14(21)8-6-13/h5-9,12H,3-4,10-11H2,1-2H3,(H,22,25)(H,23,24,26)/t12-/m1/s1. The first-order chi connectivity index (χ1) is 13.5. The first-order valence-corrected chi connectivity index (χ1v) is 11.1. The third-order valence-corrected chi connectivity index (χ3v) is 6.07. The lowest BCUT2D eigenvalue weighted by Gasteiger charge is -2.12. The number of thioether (sulfide) groups is 1. The van der Waals surface area contributed by atoms with Gasteiger partial charge in [0, 0.05) is 17.0 Å². The van der Waals surface area contributed by atoms with Crippen molar-refractivity contribution in [3.8, 4) is 11.1 Å². The number of aromatic nitrogens is 2. The molecule has 28 heavy (non-hydrogen) atoms. The monoisotopic (exact) mass is 419 g/mol. The quantitative estimate of drug-likeness (QED) is 0.570. The maximum absolute atomic E-state index is 13.1. The van der Waals surface area contributed by atoms with Gasteiger partial charge in [0.15, 0.2) is 0 Å². The molecule has 0 unspecified atom stereocenters. The van der Waals surface area contributed by atoms with Crippen molar-refractivity contribution in [3.05, 3.63) is 51.6 Å². The van der Waals surface area contributed by atoms with Gasteiger partial charge in [-0.25, -0.2) is 9.37 Å². The molecule has 1 aromatic carbocycles. The summed E-state index contributed by atoms with van der Waals surface area (Å²) in [7, 11) is 0. The number of rotatable bonds is 8. The summed E-state index contributed by atoms with van der Waals surface area (Å²) in [5.74, 6) is 0.988. The number of aromatic amines is 1. The number of halogens is 1. The van der Waals surface area contributed by atoms with Gasteiger partial charge in [-0.15, -0.1) is 23.1 Å². The Balaban J connectivity index is 1.69. The molecule has 2 heterocycles. The van der Waals surface area contributed by atoms with E-state index in [1.54, 1.807) is 12.1 Å². The highest BCUT2D eigenvalue weighted by atomic mass is 32.2. The lowest BCUT2D eigenvalue weighted by Crippen LogP contribution is -2.33. The van der Waals surface area contributed by atoms with Crippen LogP contribution in [0.3, 0.4) is 0 Å². The van der Waals surface area contributed by atoms with Crippen LogP contribution in [-0.2, 0) is 10.5 Å². The number of hydrogen-bond donors (Lipinski definition) is 2. The Morgan fingerprint density at radius 2 is 2.11 bits per heavy atom. The molecule has 2 N–H and O–H groups in total. The molecule has 0 fully saturated rings. The Labute approximate surface area is 170 Å². The first-order valence-electron chi connectivity index (χ1n) is 9.11. The molecule has 0 aliphatic rings.